The second kappa shape index (κ2) is 17.5. The summed E-state index contributed by atoms with van der Waals surface area (Å²) in [6.07, 6.45) is 6.35. The van der Waals surface area contributed by atoms with Crippen LogP contribution in [-0.4, -0.2) is 70.4 Å². The van der Waals surface area contributed by atoms with E-state index in [-0.39, 0.29) is 46.3 Å². The van der Waals surface area contributed by atoms with Gasteiger partial charge in [0.25, 0.3) is 0 Å². The number of imide groups is 1. The highest BCUT2D eigenvalue weighted by atomic mass is 35.5. The molecule has 0 bridgehead atoms. The molecule has 4 aromatic rings. The zero-order valence-corrected chi connectivity index (χ0v) is 32.4. The molecular weight excluding hydrogens is 748 g/mol. The summed E-state index contributed by atoms with van der Waals surface area (Å²) in [5.41, 5.74) is 3.01. The van der Waals surface area contributed by atoms with Crippen molar-refractivity contribution in [1.29, 1.82) is 0 Å². The minimum absolute atomic E-state index is 0.0936. The highest BCUT2D eigenvalue weighted by Crippen LogP contribution is 2.47. The summed E-state index contributed by atoms with van der Waals surface area (Å²) < 4.78 is 17.8. The van der Waals surface area contributed by atoms with Gasteiger partial charge < -0.3 is 20.9 Å². The summed E-state index contributed by atoms with van der Waals surface area (Å²) in [6.45, 7) is 2.48. The van der Waals surface area contributed by atoms with Crippen molar-refractivity contribution in [3.05, 3.63) is 98.1 Å². The number of fused-ring (bicyclic) bond motifs is 1. The lowest BCUT2D eigenvalue weighted by molar-refractivity contribution is -0.135. The largest absolute Gasteiger partial charge is 0.357 e. The van der Waals surface area contributed by atoms with Crippen LogP contribution in [0.4, 0.5) is 10.1 Å². The molecule has 1 aliphatic carbocycles. The number of amides is 4. The van der Waals surface area contributed by atoms with E-state index in [2.05, 4.69) is 26.2 Å². The summed E-state index contributed by atoms with van der Waals surface area (Å²) in [6, 6.07) is 17.2. The molecule has 3 aromatic carbocycles. The topological polar surface area (TPSA) is 147 Å². The molecule has 0 radical (unpaired) electrons. The Morgan fingerprint density at radius 2 is 1.80 bits per heavy atom. The second-order valence-corrected chi connectivity index (χ2v) is 15.5. The SMILES string of the molecule is CN(CCNC=O)Cc1ccc2c(c1)n(C)c(=O)n2C1CCC(=O)NC1=O.O=C(Nc1cccc(Cl)c1)C1C(c2cccc(Cl)c2F)CNC12CCCCC2. The average molecular weight is 795 g/mol. The first-order valence-electron chi connectivity index (χ1n) is 18.6. The molecule has 2 saturated heterocycles. The number of hydrogen-bond acceptors (Lipinski definition) is 7. The van der Waals surface area contributed by atoms with Gasteiger partial charge in [-0.2, -0.15) is 0 Å². The van der Waals surface area contributed by atoms with Gasteiger partial charge in [0.2, 0.25) is 24.1 Å². The highest BCUT2D eigenvalue weighted by Gasteiger charge is 2.53. The summed E-state index contributed by atoms with van der Waals surface area (Å²) in [4.78, 5) is 62.1. The van der Waals surface area contributed by atoms with Gasteiger partial charge in [0.05, 0.1) is 22.0 Å². The van der Waals surface area contributed by atoms with E-state index >= 15 is 0 Å². The number of halogens is 3. The fourth-order valence-electron chi connectivity index (χ4n) is 8.36. The average Bonchev–Trinajstić information content (AvgIpc) is 3.63. The molecule has 55 heavy (non-hydrogen) atoms. The second-order valence-electron chi connectivity index (χ2n) is 14.6. The van der Waals surface area contributed by atoms with Crippen LogP contribution in [0.15, 0.2) is 65.5 Å². The minimum atomic E-state index is -0.679. The van der Waals surface area contributed by atoms with E-state index in [4.69, 9.17) is 23.2 Å². The number of carbonyl (C=O) groups is 4. The third-order valence-electron chi connectivity index (χ3n) is 11.0. The van der Waals surface area contributed by atoms with Crippen molar-refractivity contribution >= 4 is 64.1 Å². The van der Waals surface area contributed by atoms with Crippen molar-refractivity contribution < 1.29 is 23.6 Å². The Balaban J connectivity index is 0.000000187. The number of benzene rings is 3. The number of likely N-dealkylation sites (N-methyl/N-ethyl adjacent to an activating group) is 1. The van der Waals surface area contributed by atoms with Crippen LogP contribution in [0.5, 0.6) is 0 Å². The van der Waals surface area contributed by atoms with Crippen LogP contribution < -0.4 is 27.0 Å². The number of nitrogens with zero attached hydrogens (tertiary/aromatic N) is 3. The van der Waals surface area contributed by atoms with Crippen LogP contribution in [0.25, 0.3) is 11.0 Å². The Hall–Kier alpha value is -4.56. The number of hydrogen-bond donors (Lipinski definition) is 4. The van der Waals surface area contributed by atoms with E-state index in [1.54, 1.807) is 43.4 Å². The Labute approximate surface area is 328 Å². The van der Waals surface area contributed by atoms with Crippen LogP contribution in [0.1, 0.15) is 68.0 Å². The van der Waals surface area contributed by atoms with E-state index < -0.39 is 17.8 Å². The number of anilines is 1. The molecule has 15 heteroatoms. The first-order chi connectivity index (χ1) is 26.4. The van der Waals surface area contributed by atoms with E-state index in [0.717, 1.165) is 36.8 Å². The molecule has 4 amide bonds. The monoisotopic (exact) mass is 793 g/mol. The number of aryl methyl sites for hydroxylation is 1. The van der Waals surface area contributed by atoms with E-state index in [1.165, 1.54) is 15.6 Å². The molecule has 2 aliphatic heterocycles. The van der Waals surface area contributed by atoms with Gasteiger partial charge in [-0.3, -0.25) is 33.6 Å². The Bertz CT molecular complexity index is 2130. The number of aromatic nitrogens is 2. The van der Waals surface area contributed by atoms with Gasteiger partial charge in [-0.1, -0.05) is 66.7 Å². The molecule has 1 spiro atoms. The number of rotatable bonds is 10. The Morgan fingerprint density at radius 1 is 1.04 bits per heavy atom. The zero-order chi connectivity index (χ0) is 39.3. The Morgan fingerprint density at radius 3 is 2.53 bits per heavy atom. The van der Waals surface area contributed by atoms with E-state index in [9.17, 15) is 28.4 Å². The van der Waals surface area contributed by atoms with Crippen LogP contribution in [0.3, 0.4) is 0 Å². The molecule has 4 N–H and O–H groups in total. The van der Waals surface area contributed by atoms with E-state index in [0.29, 0.717) is 60.8 Å². The maximum atomic E-state index is 14.8. The van der Waals surface area contributed by atoms with Crippen LogP contribution in [0, 0.1) is 11.7 Å². The lowest BCUT2D eigenvalue weighted by Gasteiger charge is -2.39. The Kier molecular flexibility index (Phi) is 12.8. The van der Waals surface area contributed by atoms with Gasteiger partial charge in [-0.05, 0) is 73.8 Å². The van der Waals surface area contributed by atoms with Gasteiger partial charge in [-0.25, -0.2) is 9.18 Å². The highest BCUT2D eigenvalue weighted by molar-refractivity contribution is 6.31. The predicted octanol–water partition coefficient (Wildman–Crippen LogP) is 5.27. The summed E-state index contributed by atoms with van der Waals surface area (Å²) in [7, 11) is 3.62. The van der Waals surface area contributed by atoms with Crippen LogP contribution in [-0.2, 0) is 32.8 Å². The molecule has 3 fully saturated rings. The summed E-state index contributed by atoms with van der Waals surface area (Å²) >= 11 is 12.1. The smallest absolute Gasteiger partial charge is 0.329 e. The number of carbonyl (C=O) groups excluding carboxylic acids is 4. The molecule has 7 rings (SSSR count). The third-order valence-corrected chi connectivity index (χ3v) is 11.5. The molecule has 3 atom stereocenters. The lowest BCUT2D eigenvalue weighted by Crippen LogP contribution is -2.50. The van der Waals surface area contributed by atoms with Gasteiger partial charge in [-0.15, -0.1) is 0 Å². The molecule has 12 nitrogen and oxygen atoms in total. The molecule has 3 aliphatic rings. The third kappa shape index (κ3) is 8.80. The fraction of sp³-hybridized carbons (Fsp3) is 0.425. The van der Waals surface area contributed by atoms with Gasteiger partial charge >= 0.3 is 5.69 Å². The van der Waals surface area contributed by atoms with Gasteiger partial charge in [0, 0.05) is 61.8 Å². The standard InChI is InChI=1S/C22H23Cl2FN2O.C18H23N5O4/c23-14-6-4-7-15(12-14)27-21(28)19-17(16-8-5-9-18(24)20(16)25)13-26-22(19)10-2-1-3-11-22;1-21(8-7-19-11-24)10-12-3-4-13-15(9-12)22(2)18(27)23(13)14-5-6-16(25)20-17(14)26/h4-9,12,17,19,26H,1-3,10-11,13H2,(H,27,28);3-4,9,11,14H,5-8,10H2,1-2H3,(H,19,24)(H,20,25,26). The molecule has 3 unspecified atom stereocenters. The minimum Gasteiger partial charge on any atom is -0.357 e. The molecular formula is C40H46Cl2FN7O5. The molecule has 292 valence electrons. The van der Waals surface area contributed by atoms with Crippen molar-refractivity contribution in [2.24, 2.45) is 13.0 Å². The molecule has 3 heterocycles. The molecule has 1 aromatic heterocycles. The quantitative estimate of drug-likeness (QED) is 0.0973. The maximum absolute atomic E-state index is 14.8. The van der Waals surface area contributed by atoms with Crippen LogP contribution in [0.2, 0.25) is 10.0 Å². The van der Waals surface area contributed by atoms with Crippen molar-refractivity contribution in [1.82, 2.24) is 30.0 Å². The predicted molar refractivity (Wildman–Crippen MR) is 211 cm³/mol. The lowest BCUT2D eigenvalue weighted by atomic mass is 9.69. The van der Waals surface area contributed by atoms with Crippen molar-refractivity contribution in [3.8, 4) is 0 Å². The number of imidazole rings is 1. The maximum Gasteiger partial charge on any atom is 0.329 e. The van der Waals surface area contributed by atoms with Gasteiger partial charge in [0.15, 0.2) is 0 Å². The van der Waals surface area contributed by atoms with Crippen molar-refractivity contribution in [3.63, 3.8) is 0 Å². The van der Waals surface area contributed by atoms with Crippen LogP contribution >= 0.6 is 23.2 Å². The zero-order valence-electron chi connectivity index (χ0n) is 30.9. The normalized spacial score (nSPS) is 20.6. The first kappa shape index (κ1) is 40.1. The van der Waals surface area contributed by atoms with Gasteiger partial charge in [0.1, 0.15) is 11.9 Å². The fourth-order valence-corrected chi connectivity index (χ4v) is 8.73. The van der Waals surface area contributed by atoms with Crippen molar-refractivity contribution in [2.75, 3.05) is 32.0 Å². The number of nitrogens with one attached hydrogen (secondary N) is 4. The number of piperidine rings is 1. The summed E-state index contributed by atoms with van der Waals surface area (Å²) in [5.74, 6) is -1.91. The van der Waals surface area contributed by atoms with E-state index in [1.807, 2.05) is 31.3 Å². The first-order valence-corrected chi connectivity index (χ1v) is 19.3. The summed E-state index contributed by atoms with van der Waals surface area (Å²) in [5, 5.41) is 12.2. The van der Waals surface area contributed by atoms with Crippen molar-refractivity contribution in [2.45, 2.75) is 69.0 Å². The molecule has 1 saturated carbocycles.